The molecule has 0 saturated heterocycles. The Balaban J connectivity index is 0.000000916. The standard InChI is InChI=1S/C19H30O5.C4H4O6/c1-14-15(12-10-8-6-4-5-7-9-11-13-20)17(22)19(24-3)18(23-2)16(14)21;5-1(3(7)8)2(6)4(9)10/h20H,4-13H2,1-3H3;5-6H,(H,7,8)(H,9,10)/b;2-1+. The van der Waals surface area contributed by atoms with Crippen LogP contribution in [0.1, 0.15) is 64.7 Å². The first kappa shape index (κ1) is 30.7. The average molecular weight is 487 g/mol. The molecule has 192 valence electrons. The highest BCUT2D eigenvalue weighted by molar-refractivity contribution is 6.23. The van der Waals surface area contributed by atoms with Gasteiger partial charge in [-0.25, -0.2) is 9.59 Å². The summed E-state index contributed by atoms with van der Waals surface area (Å²) >= 11 is 0. The molecule has 11 heteroatoms. The molecular weight excluding hydrogens is 452 g/mol. The Morgan fingerprint density at radius 1 is 0.676 bits per heavy atom. The predicted molar refractivity (Wildman–Crippen MR) is 120 cm³/mol. The second-order valence-corrected chi connectivity index (χ2v) is 7.44. The zero-order valence-corrected chi connectivity index (χ0v) is 19.8. The van der Waals surface area contributed by atoms with Crippen LogP contribution in [-0.2, 0) is 28.7 Å². The molecule has 0 bridgehead atoms. The number of aliphatic hydroxyl groups is 3. The second kappa shape index (κ2) is 16.3. The lowest BCUT2D eigenvalue weighted by Crippen LogP contribution is -2.25. The van der Waals surface area contributed by atoms with Gasteiger partial charge in [0.25, 0.3) is 11.5 Å². The fourth-order valence-electron chi connectivity index (χ4n) is 3.17. The predicted octanol–water partition coefficient (Wildman–Crippen LogP) is 2.95. The molecule has 0 fully saturated rings. The molecule has 0 amide bonds. The zero-order valence-electron chi connectivity index (χ0n) is 19.8. The number of aliphatic hydroxyl groups excluding tert-OH is 3. The van der Waals surface area contributed by atoms with E-state index in [9.17, 15) is 19.2 Å². The quantitative estimate of drug-likeness (QED) is 0.105. The molecule has 0 saturated carbocycles. The average Bonchev–Trinajstić information content (AvgIpc) is 2.81. The van der Waals surface area contributed by atoms with Crippen LogP contribution in [0.4, 0.5) is 0 Å². The van der Waals surface area contributed by atoms with Crippen LogP contribution in [0.15, 0.2) is 34.2 Å². The van der Waals surface area contributed by atoms with Crippen molar-refractivity contribution in [2.75, 3.05) is 20.8 Å². The molecule has 34 heavy (non-hydrogen) atoms. The van der Waals surface area contributed by atoms with Crippen molar-refractivity contribution in [1.29, 1.82) is 0 Å². The molecule has 0 atom stereocenters. The topological polar surface area (TPSA) is 188 Å². The molecule has 11 nitrogen and oxygen atoms in total. The number of carboxylic acids is 2. The number of rotatable bonds is 14. The van der Waals surface area contributed by atoms with Gasteiger partial charge < -0.3 is 35.0 Å². The highest BCUT2D eigenvalue weighted by Gasteiger charge is 2.34. The number of Topliss-reactive ketones (excluding diaryl/α,β-unsaturated/α-hetero) is 2. The lowest BCUT2D eigenvalue weighted by molar-refractivity contribution is -0.140. The van der Waals surface area contributed by atoms with E-state index in [1.165, 1.54) is 33.5 Å². The van der Waals surface area contributed by atoms with Crippen molar-refractivity contribution < 1.29 is 54.2 Å². The van der Waals surface area contributed by atoms with E-state index >= 15 is 0 Å². The van der Waals surface area contributed by atoms with Crippen molar-refractivity contribution >= 4 is 23.5 Å². The number of carbonyl (C=O) groups excluding carboxylic acids is 2. The third kappa shape index (κ3) is 9.65. The maximum absolute atomic E-state index is 12.5. The van der Waals surface area contributed by atoms with Crippen molar-refractivity contribution in [3.63, 3.8) is 0 Å². The van der Waals surface area contributed by atoms with E-state index in [-0.39, 0.29) is 29.7 Å². The van der Waals surface area contributed by atoms with Crippen LogP contribution in [0.25, 0.3) is 0 Å². The minimum absolute atomic E-state index is 0.00614. The highest BCUT2D eigenvalue weighted by Crippen LogP contribution is 2.28. The first-order valence-electron chi connectivity index (χ1n) is 10.9. The molecule has 0 spiro atoms. The molecule has 0 aromatic carbocycles. The number of hydrogen-bond donors (Lipinski definition) is 5. The van der Waals surface area contributed by atoms with Crippen molar-refractivity contribution in [2.45, 2.75) is 64.7 Å². The largest absolute Gasteiger partial charge is 0.499 e. The fourth-order valence-corrected chi connectivity index (χ4v) is 3.17. The van der Waals surface area contributed by atoms with Crippen LogP contribution in [-0.4, -0.2) is 69.9 Å². The third-order valence-electron chi connectivity index (χ3n) is 5.06. The smallest absolute Gasteiger partial charge is 0.375 e. The SMILES string of the molecule is COC1=C(OC)C(=O)C(CCCCCCCCCCO)=C(C)C1=O.O=C(O)/C(O)=C(\O)C(=O)O. The minimum atomic E-state index is -1.89. The minimum Gasteiger partial charge on any atom is -0.499 e. The number of carbonyl (C=O) groups is 4. The summed E-state index contributed by atoms with van der Waals surface area (Å²) in [6.45, 7) is 1.96. The molecule has 0 aromatic heterocycles. The Bertz CT molecular complexity index is 812. The van der Waals surface area contributed by atoms with Crippen LogP contribution in [0, 0.1) is 0 Å². The summed E-state index contributed by atoms with van der Waals surface area (Å²) in [7, 11) is 2.76. The molecule has 0 unspecified atom stereocenters. The Kier molecular flexibility index (Phi) is 14.7. The van der Waals surface area contributed by atoms with Gasteiger partial charge in [0.2, 0.25) is 23.1 Å². The summed E-state index contributed by atoms with van der Waals surface area (Å²) in [5.74, 6) is -7.39. The Labute approximate surface area is 198 Å². The van der Waals surface area contributed by atoms with Crippen LogP contribution in [0.5, 0.6) is 0 Å². The van der Waals surface area contributed by atoms with E-state index < -0.39 is 23.5 Å². The Hall–Kier alpha value is -3.34. The first-order valence-corrected chi connectivity index (χ1v) is 10.9. The van der Waals surface area contributed by atoms with Gasteiger partial charge in [-0.05, 0) is 26.2 Å². The monoisotopic (exact) mass is 486 g/mol. The number of carboxylic acid groups (broad SMARTS) is 2. The lowest BCUT2D eigenvalue weighted by Gasteiger charge is -2.20. The normalized spacial score (nSPS) is 14.4. The summed E-state index contributed by atoms with van der Waals surface area (Å²) in [4.78, 5) is 44.1. The fraction of sp³-hybridized carbons (Fsp3) is 0.565. The van der Waals surface area contributed by atoms with Gasteiger partial charge in [0.05, 0.1) is 14.2 Å². The summed E-state index contributed by atoms with van der Waals surface area (Å²) in [5.41, 5.74) is 1.03. The zero-order chi connectivity index (χ0) is 26.3. The van der Waals surface area contributed by atoms with E-state index in [0.717, 1.165) is 32.1 Å². The maximum atomic E-state index is 12.5. The van der Waals surface area contributed by atoms with Gasteiger partial charge in [0.1, 0.15) is 0 Å². The number of unbranched alkanes of at least 4 members (excludes halogenated alkanes) is 7. The number of methoxy groups -OCH3 is 2. The molecule has 0 radical (unpaired) electrons. The first-order chi connectivity index (χ1) is 16.0. The summed E-state index contributed by atoms with van der Waals surface area (Å²) in [5, 5.41) is 40.9. The number of allylic oxidation sites excluding steroid dienone is 2. The third-order valence-corrected chi connectivity index (χ3v) is 5.06. The van der Waals surface area contributed by atoms with Gasteiger partial charge in [-0.15, -0.1) is 0 Å². The molecule has 0 aliphatic heterocycles. The summed E-state index contributed by atoms with van der Waals surface area (Å²) in [6.07, 6.45) is 9.17. The second-order valence-electron chi connectivity index (χ2n) is 7.44. The molecule has 1 rings (SSSR count). The van der Waals surface area contributed by atoms with E-state index in [1.807, 2.05) is 0 Å². The van der Waals surface area contributed by atoms with Crippen molar-refractivity contribution in [1.82, 2.24) is 0 Å². The van der Waals surface area contributed by atoms with Gasteiger partial charge in [-0.2, -0.15) is 0 Å². The molecule has 0 heterocycles. The van der Waals surface area contributed by atoms with Crippen molar-refractivity contribution in [3.8, 4) is 0 Å². The van der Waals surface area contributed by atoms with Gasteiger partial charge in [-0.3, -0.25) is 9.59 Å². The molecule has 0 aromatic rings. The molecule has 1 aliphatic carbocycles. The van der Waals surface area contributed by atoms with Crippen LogP contribution in [0.3, 0.4) is 0 Å². The van der Waals surface area contributed by atoms with Crippen LogP contribution >= 0.6 is 0 Å². The Morgan fingerprint density at radius 3 is 1.44 bits per heavy atom. The van der Waals surface area contributed by atoms with Gasteiger partial charge in [0.15, 0.2) is 0 Å². The van der Waals surface area contributed by atoms with E-state index in [4.69, 9.17) is 35.0 Å². The number of ketones is 2. The molecule has 5 N–H and O–H groups in total. The lowest BCUT2D eigenvalue weighted by atomic mass is 9.89. The molecule has 1 aliphatic rings. The maximum Gasteiger partial charge on any atom is 0.375 e. The van der Waals surface area contributed by atoms with Crippen LogP contribution < -0.4 is 0 Å². The van der Waals surface area contributed by atoms with Gasteiger partial charge >= 0.3 is 11.9 Å². The van der Waals surface area contributed by atoms with Gasteiger partial charge in [0, 0.05) is 17.8 Å². The number of ether oxygens (including phenoxy) is 2. The van der Waals surface area contributed by atoms with E-state index in [0.29, 0.717) is 17.6 Å². The molecular formula is C23H34O11. The van der Waals surface area contributed by atoms with Crippen LogP contribution in [0.2, 0.25) is 0 Å². The Morgan fingerprint density at radius 2 is 1.06 bits per heavy atom. The van der Waals surface area contributed by atoms with E-state index in [1.54, 1.807) is 6.92 Å². The van der Waals surface area contributed by atoms with Crippen molar-refractivity contribution in [2.24, 2.45) is 0 Å². The summed E-state index contributed by atoms with van der Waals surface area (Å²) < 4.78 is 10.1. The summed E-state index contributed by atoms with van der Waals surface area (Å²) in [6, 6.07) is 0. The van der Waals surface area contributed by atoms with Gasteiger partial charge in [-0.1, -0.05) is 38.5 Å². The van der Waals surface area contributed by atoms with Crippen molar-refractivity contribution in [3.05, 3.63) is 34.2 Å². The highest BCUT2D eigenvalue weighted by atomic mass is 16.5. The number of aliphatic carboxylic acids is 2. The number of hydrogen-bond acceptors (Lipinski definition) is 9. The van der Waals surface area contributed by atoms with E-state index in [2.05, 4.69) is 0 Å².